The molecule has 0 bridgehead atoms. The third kappa shape index (κ3) is 3.82. The molecule has 3 heteroatoms. The maximum atomic E-state index is 9.34. The largest absolute Gasteiger partial charge is 0.391 e. The Balaban J connectivity index is 3.52. The second kappa shape index (κ2) is 3.91. The third-order valence-corrected chi connectivity index (χ3v) is 1.54. The number of aliphatic hydroxyl groups excluding tert-OH is 1. The van der Waals surface area contributed by atoms with Gasteiger partial charge in [0.05, 0.1) is 6.10 Å². The molecule has 0 heterocycles. The molecule has 0 rings (SSSR count). The molecule has 62 valence electrons. The van der Waals surface area contributed by atoms with E-state index in [1.165, 1.54) is 0 Å². The van der Waals surface area contributed by atoms with Crippen LogP contribution in [0.4, 0.5) is 0 Å². The van der Waals surface area contributed by atoms with Gasteiger partial charge in [-0.2, -0.15) is 0 Å². The lowest BCUT2D eigenvalue weighted by molar-refractivity contribution is 0.0939. The molecule has 0 saturated carbocycles. The predicted molar refractivity (Wildman–Crippen MR) is 42.6 cm³/mol. The van der Waals surface area contributed by atoms with E-state index in [0.29, 0.717) is 13.0 Å². The molecule has 0 amide bonds. The molecule has 5 N–H and O–H groups in total. The maximum Gasteiger partial charge on any atom is 0.0714 e. The van der Waals surface area contributed by atoms with E-state index >= 15 is 0 Å². The second-order valence-electron chi connectivity index (χ2n) is 3.27. The van der Waals surface area contributed by atoms with Gasteiger partial charge in [0.1, 0.15) is 0 Å². The van der Waals surface area contributed by atoms with Crippen LogP contribution in [-0.4, -0.2) is 23.3 Å². The average molecular weight is 146 g/mol. The Morgan fingerprint density at radius 1 is 1.50 bits per heavy atom. The first-order chi connectivity index (χ1) is 4.48. The zero-order valence-corrected chi connectivity index (χ0v) is 6.80. The van der Waals surface area contributed by atoms with E-state index in [1.54, 1.807) is 0 Å². The zero-order chi connectivity index (χ0) is 8.20. The molecule has 0 aliphatic carbocycles. The summed E-state index contributed by atoms with van der Waals surface area (Å²) in [5.74, 6) is 0. The Kier molecular flexibility index (Phi) is 3.86. The minimum absolute atomic E-state index is 0.434. The molecule has 1 atom stereocenters. The van der Waals surface area contributed by atoms with Gasteiger partial charge in [0.2, 0.25) is 0 Å². The molecule has 0 aliphatic rings. The molecule has 0 saturated heterocycles. The van der Waals surface area contributed by atoms with Crippen LogP contribution < -0.4 is 11.5 Å². The number of rotatable bonds is 4. The van der Waals surface area contributed by atoms with Gasteiger partial charge in [-0.05, 0) is 33.2 Å². The van der Waals surface area contributed by atoms with E-state index in [9.17, 15) is 5.11 Å². The first-order valence-corrected chi connectivity index (χ1v) is 3.65. The van der Waals surface area contributed by atoms with Gasteiger partial charge < -0.3 is 16.6 Å². The van der Waals surface area contributed by atoms with E-state index < -0.39 is 11.6 Å². The molecule has 0 aliphatic heterocycles. The van der Waals surface area contributed by atoms with Gasteiger partial charge in [-0.15, -0.1) is 0 Å². The van der Waals surface area contributed by atoms with Crippen molar-refractivity contribution in [3.05, 3.63) is 0 Å². The Morgan fingerprint density at radius 3 is 2.30 bits per heavy atom. The van der Waals surface area contributed by atoms with E-state index in [1.807, 2.05) is 13.8 Å². The highest BCUT2D eigenvalue weighted by atomic mass is 16.3. The van der Waals surface area contributed by atoms with Gasteiger partial charge in [0.25, 0.3) is 0 Å². The normalized spacial score (nSPS) is 15.3. The van der Waals surface area contributed by atoms with Crippen molar-refractivity contribution < 1.29 is 5.11 Å². The van der Waals surface area contributed by atoms with Crippen molar-refractivity contribution in [2.75, 3.05) is 6.54 Å². The third-order valence-electron chi connectivity index (χ3n) is 1.54. The number of hydrogen-bond acceptors (Lipinski definition) is 3. The van der Waals surface area contributed by atoms with Crippen LogP contribution in [0.5, 0.6) is 0 Å². The van der Waals surface area contributed by atoms with Crippen molar-refractivity contribution >= 4 is 0 Å². The van der Waals surface area contributed by atoms with E-state index in [2.05, 4.69) is 0 Å². The summed E-state index contributed by atoms with van der Waals surface area (Å²) in [5.41, 5.74) is 10.4. The first-order valence-electron chi connectivity index (χ1n) is 3.65. The van der Waals surface area contributed by atoms with Crippen LogP contribution in [0.15, 0.2) is 0 Å². The van der Waals surface area contributed by atoms with Crippen LogP contribution in [-0.2, 0) is 0 Å². The van der Waals surface area contributed by atoms with Crippen molar-refractivity contribution in [2.45, 2.75) is 38.3 Å². The smallest absolute Gasteiger partial charge is 0.0714 e. The lowest BCUT2D eigenvalue weighted by atomic mass is 9.95. The second-order valence-corrected chi connectivity index (χ2v) is 3.27. The molecule has 1 unspecified atom stereocenters. The number of aliphatic hydroxyl groups is 1. The standard InChI is InChI=1S/C7H18N2O/c1-7(2,9)6(10)4-3-5-8/h6,10H,3-5,8-9H2,1-2H3. The van der Waals surface area contributed by atoms with E-state index in [-0.39, 0.29) is 0 Å². The summed E-state index contributed by atoms with van der Waals surface area (Å²) in [6.45, 7) is 4.25. The molecule has 0 aromatic heterocycles. The summed E-state index contributed by atoms with van der Waals surface area (Å²) in [4.78, 5) is 0. The van der Waals surface area contributed by atoms with Crippen LogP contribution >= 0.6 is 0 Å². The van der Waals surface area contributed by atoms with Crippen LogP contribution in [0.3, 0.4) is 0 Å². The summed E-state index contributed by atoms with van der Waals surface area (Å²) >= 11 is 0. The molecule has 0 spiro atoms. The minimum Gasteiger partial charge on any atom is -0.391 e. The van der Waals surface area contributed by atoms with Crippen molar-refractivity contribution in [2.24, 2.45) is 11.5 Å². The van der Waals surface area contributed by atoms with Gasteiger partial charge in [-0.3, -0.25) is 0 Å². The zero-order valence-electron chi connectivity index (χ0n) is 6.80. The highest BCUT2D eigenvalue weighted by molar-refractivity contribution is 4.81. The fourth-order valence-electron chi connectivity index (χ4n) is 0.683. The van der Waals surface area contributed by atoms with Gasteiger partial charge in [-0.25, -0.2) is 0 Å². The Bertz CT molecular complexity index is 88.1. The molecule has 3 nitrogen and oxygen atoms in total. The lowest BCUT2D eigenvalue weighted by Gasteiger charge is -2.25. The van der Waals surface area contributed by atoms with Crippen molar-refractivity contribution in [1.82, 2.24) is 0 Å². The molecule has 0 aromatic carbocycles. The van der Waals surface area contributed by atoms with E-state index in [0.717, 1.165) is 6.42 Å². The van der Waals surface area contributed by atoms with Gasteiger partial charge in [0.15, 0.2) is 0 Å². The van der Waals surface area contributed by atoms with E-state index in [4.69, 9.17) is 11.5 Å². The predicted octanol–water partition coefficient (Wildman–Crippen LogP) is -0.176. The summed E-state index contributed by atoms with van der Waals surface area (Å²) in [5, 5.41) is 9.34. The van der Waals surface area contributed by atoms with Crippen LogP contribution in [0.1, 0.15) is 26.7 Å². The molecule has 10 heavy (non-hydrogen) atoms. The van der Waals surface area contributed by atoms with Crippen molar-refractivity contribution in [3.63, 3.8) is 0 Å². The molecule has 0 radical (unpaired) electrons. The molecular weight excluding hydrogens is 128 g/mol. The SMILES string of the molecule is CC(C)(N)C(O)CCCN. The summed E-state index contributed by atoms with van der Waals surface area (Å²) in [7, 11) is 0. The fourth-order valence-corrected chi connectivity index (χ4v) is 0.683. The van der Waals surface area contributed by atoms with Gasteiger partial charge >= 0.3 is 0 Å². The Morgan fingerprint density at radius 2 is 2.00 bits per heavy atom. The molecule has 0 aromatic rings. The monoisotopic (exact) mass is 146 g/mol. The first kappa shape index (κ1) is 9.88. The van der Waals surface area contributed by atoms with Crippen LogP contribution in [0.2, 0.25) is 0 Å². The summed E-state index contributed by atoms with van der Waals surface area (Å²) in [6, 6.07) is 0. The topological polar surface area (TPSA) is 72.3 Å². The average Bonchev–Trinajstić information content (AvgIpc) is 1.80. The van der Waals surface area contributed by atoms with Gasteiger partial charge in [0, 0.05) is 5.54 Å². The fraction of sp³-hybridized carbons (Fsp3) is 1.00. The van der Waals surface area contributed by atoms with Crippen molar-refractivity contribution in [3.8, 4) is 0 Å². The number of hydrogen-bond donors (Lipinski definition) is 3. The van der Waals surface area contributed by atoms with Gasteiger partial charge in [-0.1, -0.05) is 0 Å². The molecule has 0 fully saturated rings. The number of nitrogens with two attached hydrogens (primary N) is 2. The Labute approximate surface area is 62.4 Å². The van der Waals surface area contributed by atoms with Crippen molar-refractivity contribution in [1.29, 1.82) is 0 Å². The summed E-state index contributed by atoms with van der Waals surface area (Å²) in [6.07, 6.45) is 1.10. The quantitative estimate of drug-likeness (QED) is 0.515. The lowest BCUT2D eigenvalue weighted by Crippen LogP contribution is -2.45. The highest BCUT2D eigenvalue weighted by Gasteiger charge is 2.21. The molecular formula is C7H18N2O. The maximum absolute atomic E-state index is 9.34. The van der Waals surface area contributed by atoms with Crippen LogP contribution in [0.25, 0.3) is 0 Å². The summed E-state index contributed by atoms with van der Waals surface area (Å²) < 4.78 is 0. The highest BCUT2D eigenvalue weighted by Crippen LogP contribution is 2.09. The van der Waals surface area contributed by atoms with Crippen LogP contribution in [0, 0.1) is 0 Å². The minimum atomic E-state index is -0.491. The Hall–Kier alpha value is -0.120.